The van der Waals surface area contributed by atoms with Crippen LogP contribution >= 0.6 is 11.6 Å². The van der Waals surface area contributed by atoms with E-state index in [4.69, 9.17) is 16.6 Å². The third-order valence-electron chi connectivity index (χ3n) is 8.66. The third-order valence-corrected chi connectivity index (χ3v) is 8.96. The summed E-state index contributed by atoms with van der Waals surface area (Å²) in [5.41, 5.74) is -1.80. The summed E-state index contributed by atoms with van der Waals surface area (Å²) >= 11 is 6.55. The predicted octanol–water partition coefficient (Wildman–Crippen LogP) is 4.78. The lowest BCUT2D eigenvalue weighted by Crippen LogP contribution is -2.62. The van der Waals surface area contributed by atoms with Gasteiger partial charge in [0.1, 0.15) is 28.6 Å². The van der Waals surface area contributed by atoms with Gasteiger partial charge < -0.3 is 19.8 Å². The van der Waals surface area contributed by atoms with Crippen LogP contribution in [-0.2, 0) is 4.79 Å². The summed E-state index contributed by atoms with van der Waals surface area (Å²) in [5, 5.41) is 10.7. The minimum absolute atomic E-state index is 0.0451. The Bertz CT molecular complexity index is 1530. The number of phenols is 1. The number of likely N-dealkylation sites (tertiary alicyclic amines) is 1. The highest BCUT2D eigenvalue weighted by molar-refractivity contribution is 6.34. The minimum atomic E-state index is -1.14. The monoisotopic (exact) mass is 600 g/mol. The van der Waals surface area contributed by atoms with Crippen LogP contribution in [0.2, 0.25) is 5.02 Å². The highest BCUT2D eigenvalue weighted by Gasteiger charge is 2.39. The summed E-state index contributed by atoms with van der Waals surface area (Å²) in [6.45, 7) is 9.50. The van der Waals surface area contributed by atoms with Gasteiger partial charge in [0.2, 0.25) is 11.9 Å². The molecule has 1 aromatic heterocycles. The highest BCUT2D eigenvalue weighted by atomic mass is 35.5. The van der Waals surface area contributed by atoms with Crippen molar-refractivity contribution in [2.24, 2.45) is 0 Å². The Labute approximate surface area is 247 Å². The zero-order chi connectivity index (χ0) is 29.8. The fraction of sp³-hybridized carbons (Fsp3) is 0.433. The summed E-state index contributed by atoms with van der Waals surface area (Å²) in [5.74, 6) is -1.51. The van der Waals surface area contributed by atoms with E-state index in [1.165, 1.54) is 24.3 Å². The van der Waals surface area contributed by atoms with Crippen LogP contribution in [0.3, 0.4) is 0 Å². The van der Waals surface area contributed by atoms with E-state index < -0.39 is 23.1 Å². The van der Waals surface area contributed by atoms with Gasteiger partial charge in [0.05, 0.1) is 10.6 Å². The van der Waals surface area contributed by atoms with E-state index in [1.54, 1.807) is 11.8 Å². The lowest BCUT2D eigenvalue weighted by molar-refractivity contribution is -0.126. The summed E-state index contributed by atoms with van der Waals surface area (Å²) in [7, 11) is 0. The molecule has 0 saturated carbocycles. The molecular formula is C30H32ClF3N6O2. The summed E-state index contributed by atoms with van der Waals surface area (Å²) in [6.07, 6.45) is 2.25. The second kappa shape index (κ2) is 10.9. The van der Waals surface area contributed by atoms with Crippen LogP contribution in [-0.4, -0.2) is 94.9 Å². The number of aromatic hydroxyl groups is 1. The Morgan fingerprint density at radius 1 is 1.07 bits per heavy atom. The fourth-order valence-electron chi connectivity index (χ4n) is 6.01. The molecule has 3 fully saturated rings. The molecule has 1 N–H and O–H groups in total. The van der Waals surface area contributed by atoms with Gasteiger partial charge in [0.15, 0.2) is 5.82 Å². The van der Waals surface area contributed by atoms with E-state index in [1.807, 2.05) is 9.80 Å². The number of nitrogens with zero attached hydrogens (tertiary/aromatic N) is 6. The average molecular weight is 601 g/mol. The number of piperidine rings is 1. The molecule has 222 valence electrons. The molecule has 8 nitrogen and oxygen atoms in total. The van der Waals surface area contributed by atoms with Gasteiger partial charge in [-0.05, 0) is 44.0 Å². The number of anilines is 2. The topological polar surface area (TPSA) is 76.0 Å². The molecule has 0 radical (unpaired) electrons. The van der Waals surface area contributed by atoms with E-state index in [-0.39, 0.29) is 33.6 Å². The standard InChI is InChI=1S/C30H32ClF3N6O2/c1-3-23(42)38-11-13-39(14-12-38)28-19-15-20(31)24(25-21(32)5-4-6-22(25)41)26(33)27(19)35-29(36-28)40-16-18(17-40)37-9-7-30(2,34)8-10-37/h3-6,15,18,41H,1,7-14,16-17H2,2H3. The first-order valence-corrected chi connectivity index (χ1v) is 14.5. The molecule has 4 heterocycles. The number of carbonyl (C=O) groups excluding carboxylic acids is 1. The number of hydrogen-bond acceptors (Lipinski definition) is 7. The minimum Gasteiger partial charge on any atom is -0.507 e. The van der Waals surface area contributed by atoms with Crippen molar-refractivity contribution in [3.63, 3.8) is 0 Å². The van der Waals surface area contributed by atoms with Crippen LogP contribution in [0.1, 0.15) is 19.8 Å². The molecule has 3 aromatic rings. The zero-order valence-electron chi connectivity index (χ0n) is 23.3. The lowest BCUT2D eigenvalue weighted by Gasteiger charge is -2.48. The molecule has 6 rings (SSSR count). The average Bonchev–Trinajstić information content (AvgIpc) is 2.94. The normalized spacial score (nSPS) is 19.7. The van der Waals surface area contributed by atoms with Gasteiger partial charge in [0, 0.05) is 69.3 Å². The van der Waals surface area contributed by atoms with Crippen molar-refractivity contribution in [3.8, 4) is 16.9 Å². The molecule has 2 aromatic carbocycles. The number of fused-ring (bicyclic) bond motifs is 1. The third kappa shape index (κ3) is 5.13. The van der Waals surface area contributed by atoms with Crippen molar-refractivity contribution in [1.29, 1.82) is 0 Å². The SMILES string of the molecule is C=CC(=O)N1CCN(c2nc(N3CC(N4CCC(C)(F)CC4)C3)nc3c(F)c(-c4c(O)cccc4F)c(Cl)cc23)CC1. The molecule has 12 heteroatoms. The Morgan fingerprint density at radius 3 is 2.40 bits per heavy atom. The van der Waals surface area contributed by atoms with E-state index >= 15 is 4.39 Å². The van der Waals surface area contributed by atoms with Gasteiger partial charge in [-0.3, -0.25) is 9.69 Å². The molecule has 0 atom stereocenters. The molecule has 0 unspecified atom stereocenters. The molecule has 0 bridgehead atoms. The van der Waals surface area contributed by atoms with E-state index in [9.17, 15) is 18.7 Å². The van der Waals surface area contributed by atoms with Gasteiger partial charge in [-0.2, -0.15) is 4.98 Å². The quantitative estimate of drug-likeness (QED) is 0.423. The summed E-state index contributed by atoms with van der Waals surface area (Å²) in [4.78, 5) is 29.4. The number of amides is 1. The Morgan fingerprint density at radius 2 is 1.76 bits per heavy atom. The van der Waals surface area contributed by atoms with E-state index in [0.29, 0.717) is 82.4 Å². The molecule has 1 amide bonds. The van der Waals surface area contributed by atoms with Crippen molar-refractivity contribution < 1.29 is 23.1 Å². The van der Waals surface area contributed by atoms with Crippen molar-refractivity contribution in [2.45, 2.75) is 31.5 Å². The fourth-order valence-corrected chi connectivity index (χ4v) is 6.30. The number of hydrogen-bond donors (Lipinski definition) is 1. The Kier molecular flexibility index (Phi) is 7.43. The van der Waals surface area contributed by atoms with Crippen LogP contribution in [0, 0.1) is 11.6 Å². The number of rotatable bonds is 5. The van der Waals surface area contributed by atoms with Gasteiger partial charge in [-0.25, -0.2) is 18.2 Å². The van der Waals surface area contributed by atoms with Crippen molar-refractivity contribution >= 4 is 40.2 Å². The smallest absolute Gasteiger partial charge is 0.246 e. The summed E-state index contributed by atoms with van der Waals surface area (Å²) in [6, 6.07) is 5.43. The first-order valence-electron chi connectivity index (χ1n) is 14.1. The number of phenolic OH excluding ortho intramolecular Hbond substituents is 1. The highest BCUT2D eigenvalue weighted by Crippen LogP contribution is 2.43. The molecule has 3 aliphatic rings. The van der Waals surface area contributed by atoms with Crippen LogP contribution in [0.25, 0.3) is 22.0 Å². The molecule has 42 heavy (non-hydrogen) atoms. The molecular weight excluding hydrogens is 569 g/mol. The number of piperazine rings is 1. The number of halogens is 4. The maximum Gasteiger partial charge on any atom is 0.246 e. The number of aromatic nitrogens is 2. The van der Waals surface area contributed by atoms with Gasteiger partial charge in [-0.15, -0.1) is 0 Å². The maximum absolute atomic E-state index is 16.3. The van der Waals surface area contributed by atoms with Gasteiger partial charge in [0.25, 0.3) is 0 Å². The number of carbonyl (C=O) groups is 1. The van der Waals surface area contributed by atoms with Crippen molar-refractivity contribution in [3.05, 3.63) is 53.6 Å². The molecule has 0 spiro atoms. The van der Waals surface area contributed by atoms with Crippen molar-refractivity contribution in [1.82, 2.24) is 19.8 Å². The van der Waals surface area contributed by atoms with E-state index in [0.717, 1.165) is 6.07 Å². The van der Waals surface area contributed by atoms with Crippen LogP contribution < -0.4 is 9.80 Å². The Hall–Kier alpha value is -3.57. The number of alkyl halides is 1. The predicted molar refractivity (Wildman–Crippen MR) is 157 cm³/mol. The Balaban J connectivity index is 1.38. The lowest BCUT2D eigenvalue weighted by atomic mass is 9.93. The van der Waals surface area contributed by atoms with Crippen LogP contribution in [0.4, 0.5) is 24.9 Å². The molecule has 3 saturated heterocycles. The van der Waals surface area contributed by atoms with Gasteiger partial charge >= 0.3 is 0 Å². The molecule has 0 aliphatic carbocycles. The second-order valence-corrected chi connectivity index (χ2v) is 11.9. The van der Waals surface area contributed by atoms with Crippen LogP contribution in [0.5, 0.6) is 5.75 Å². The molecule has 3 aliphatic heterocycles. The zero-order valence-corrected chi connectivity index (χ0v) is 24.0. The number of benzene rings is 2. The largest absolute Gasteiger partial charge is 0.507 e. The van der Waals surface area contributed by atoms with Crippen LogP contribution in [0.15, 0.2) is 36.9 Å². The maximum atomic E-state index is 16.3. The second-order valence-electron chi connectivity index (χ2n) is 11.4. The summed E-state index contributed by atoms with van der Waals surface area (Å²) < 4.78 is 45.5. The van der Waals surface area contributed by atoms with Crippen molar-refractivity contribution in [2.75, 3.05) is 62.2 Å². The first kappa shape index (κ1) is 28.5. The first-order chi connectivity index (χ1) is 20.1. The van der Waals surface area contributed by atoms with E-state index in [2.05, 4.69) is 16.5 Å². The van der Waals surface area contributed by atoms with Gasteiger partial charge in [-0.1, -0.05) is 24.2 Å².